The Morgan fingerprint density at radius 3 is 2.45 bits per heavy atom. The van der Waals surface area contributed by atoms with E-state index in [1.807, 2.05) is 30.3 Å². The van der Waals surface area contributed by atoms with Crippen molar-refractivity contribution in [3.8, 4) is 17.0 Å². The fraction of sp³-hybridized carbons (Fsp3) is 0.0385. The maximum atomic E-state index is 6.34. The molecule has 0 spiro atoms. The number of hydrogen-bond donors (Lipinski definition) is 1. The molecular formula is C26H18N2O. The summed E-state index contributed by atoms with van der Waals surface area (Å²) in [6, 6.07) is 33.3. The zero-order valence-corrected chi connectivity index (χ0v) is 15.7. The van der Waals surface area contributed by atoms with Crippen molar-refractivity contribution < 1.29 is 4.74 Å². The molecule has 0 amide bonds. The standard InChI is InChI=1S/C26H18N2O/c1-2-7-19(8-3-1)26-28-24-15-12-17-10-11-20(16-21(17)25(24)29-26)23-14-13-18-6-4-5-9-22(18)27-23/h1-16,26,28H. The van der Waals surface area contributed by atoms with Crippen LogP contribution in [0.5, 0.6) is 5.75 Å². The van der Waals surface area contributed by atoms with Gasteiger partial charge < -0.3 is 10.1 Å². The van der Waals surface area contributed by atoms with Crippen LogP contribution in [-0.4, -0.2) is 4.98 Å². The van der Waals surface area contributed by atoms with Crippen molar-refractivity contribution in [2.24, 2.45) is 0 Å². The van der Waals surface area contributed by atoms with E-state index in [-0.39, 0.29) is 6.23 Å². The van der Waals surface area contributed by atoms with Crippen molar-refractivity contribution in [3.05, 3.63) is 103 Å². The molecule has 0 saturated heterocycles. The number of para-hydroxylation sites is 1. The summed E-state index contributed by atoms with van der Waals surface area (Å²) in [5.74, 6) is 0.902. The molecule has 1 aliphatic rings. The molecule has 0 fully saturated rings. The van der Waals surface area contributed by atoms with Gasteiger partial charge in [-0.1, -0.05) is 72.8 Å². The topological polar surface area (TPSA) is 34.2 Å². The third kappa shape index (κ3) is 2.71. The molecule has 2 heterocycles. The summed E-state index contributed by atoms with van der Waals surface area (Å²) in [6.07, 6.45) is -0.167. The van der Waals surface area contributed by atoms with Gasteiger partial charge in [0.25, 0.3) is 0 Å². The average Bonchev–Trinajstić information content (AvgIpc) is 3.24. The summed E-state index contributed by atoms with van der Waals surface area (Å²) >= 11 is 0. The predicted octanol–water partition coefficient (Wildman–Crippen LogP) is 6.56. The number of hydrogen-bond acceptors (Lipinski definition) is 3. The lowest BCUT2D eigenvalue weighted by molar-refractivity contribution is 0.262. The van der Waals surface area contributed by atoms with Crippen LogP contribution in [0.3, 0.4) is 0 Å². The lowest BCUT2D eigenvalue weighted by atomic mass is 10.0. The summed E-state index contributed by atoms with van der Waals surface area (Å²) in [5.41, 5.74) is 5.20. The first kappa shape index (κ1) is 16.1. The first-order chi connectivity index (χ1) is 14.3. The van der Waals surface area contributed by atoms with Gasteiger partial charge in [0.1, 0.15) is 0 Å². The average molecular weight is 374 g/mol. The summed E-state index contributed by atoms with van der Waals surface area (Å²) in [6.45, 7) is 0. The largest absolute Gasteiger partial charge is 0.464 e. The molecule has 0 radical (unpaired) electrons. The van der Waals surface area contributed by atoms with Gasteiger partial charge in [0.05, 0.1) is 16.9 Å². The SMILES string of the molecule is c1ccc(C2Nc3ccc4ccc(-c5ccc6ccccc6n5)cc4c3O2)cc1. The van der Waals surface area contributed by atoms with Crippen LogP contribution in [0.25, 0.3) is 32.9 Å². The first-order valence-corrected chi connectivity index (χ1v) is 9.76. The quantitative estimate of drug-likeness (QED) is 0.380. The van der Waals surface area contributed by atoms with Gasteiger partial charge in [-0.2, -0.15) is 0 Å². The van der Waals surface area contributed by atoms with Gasteiger partial charge in [-0.25, -0.2) is 4.98 Å². The van der Waals surface area contributed by atoms with Crippen LogP contribution in [-0.2, 0) is 0 Å². The zero-order chi connectivity index (χ0) is 19.2. The second-order valence-electron chi connectivity index (χ2n) is 7.32. The number of aromatic nitrogens is 1. The van der Waals surface area contributed by atoms with Gasteiger partial charge in [0.15, 0.2) is 12.0 Å². The Bertz CT molecular complexity index is 1360. The van der Waals surface area contributed by atoms with Crippen molar-refractivity contribution in [1.29, 1.82) is 0 Å². The van der Waals surface area contributed by atoms with E-state index in [0.29, 0.717) is 0 Å². The molecule has 3 nitrogen and oxygen atoms in total. The van der Waals surface area contributed by atoms with Crippen LogP contribution >= 0.6 is 0 Å². The van der Waals surface area contributed by atoms with E-state index in [1.54, 1.807) is 0 Å². The lowest BCUT2D eigenvalue weighted by Crippen LogP contribution is -2.09. The number of fused-ring (bicyclic) bond motifs is 4. The smallest absolute Gasteiger partial charge is 0.196 e. The molecule has 0 saturated carbocycles. The van der Waals surface area contributed by atoms with E-state index in [4.69, 9.17) is 9.72 Å². The summed E-state index contributed by atoms with van der Waals surface area (Å²) in [5, 5.41) is 6.89. The Morgan fingerprint density at radius 1 is 0.724 bits per heavy atom. The number of nitrogens with zero attached hydrogens (tertiary/aromatic N) is 1. The Kier molecular flexibility index (Phi) is 3.53. The van der Waals surface area contributed by atoms with E-state index in [9.17, 15) is 0 Å². The Labute approximate surface area is 168 Å². The van der Waals surface area contributed by atoms with E-state index in [1.165, 1.54) is 0 Å². The number of ether oxygens (including phenoxy) is 1. The van der Waals surface area contributed by atoms with Gasteiger partial charge >= 0.3 is 0 Å². The molecule has 29 heavy (non-hydrogen) atoms. The Hall–Kier alpha value is -3.85. The van der Waals surface area contributed by atoms with E-state index in [2.05, 4.69) is 72.0 Å². The van der Waals surface area contributed by atoms with E-state index < -0.39 is 0 Å². The molecule has 0 aliphatic carbocycles. The monoisotopic (exact) mass is 374 g/mol. The van der Waals surface area contributed by atoms with Crippen LogP contribution < -0.4 is 10.1 Å². The molecule has 1 unspecified atom stereocenters. The van der Waals surface area contributed by atoms with Crippen molar-refractivity contribution in [3.63, 3.8) is 0 Å². The fourth-order valence-electron chi connectivity index (χ4n) is 3.99. The molecule has 4 aromatic carbocycles. The minimum atomic E-state index is -0.167. The van der Waals surface area contributed by atoms with Crippen molar-refractivity contribution >= 4 is 27.4 Å². The fourth-order valence-corrected chi connectivity index (χ4v) is 3.99. The van der Waals surface area contributed by atoms with Crippen LogP contribution in [0.4, 0.5) is 5.69 Å². The maximum absolute atomic E-state index is 6.34. The second-order valence-corrected chi connectivity index (χ2v) is 7.32. The van der Waals surface area contributed by atoms with Crippen molar-refractivity contribution in [1.82, 2.24) is 4.98 Å². The molecule has 0 bridgehead atoms. The predicted molar refractivity (Wildman–Crippen MR) is 118 cm³/mol. The molecule has 1 aromatic heterocycles. The lowest BCUT2D eigenvalue weighted by Gasteiger charge is -2.11. The van der Waals surface area contributed by atoms with Gasteiger partial charge in [0.2, 0.25) is 0 Å². The van der Waals surface area contributed by atoms with Crippen LogP contribution in [0.1, 0.15) is 11.8 Å². The number of rotatable bonds is 2. The van der Waals surface area contributed by atoms with Gasteiger partial charge in [-0.05, 0) is 29.7 Å². The highest BCUT2D eigenvalue weighted by Gasteiger charge is 2.25. The minimum absolute atomic E-state index is 0.167. The Morgan fingerprint density at radius 2 is 1.52 bits per heavy atom. The normalized spacial score (nSPS) is 15.1. The molecule has 1 aliphatic heterocycles. The van der Waals surface area contributed by atoms with Crippen molar-refractivity contribution in [2.75, 3.05) is 5.32 Å². The summed E-state index contributed by atoms with van der Waals surface area (Å²) in [4.78, 5) is 4.85. The second kappa shape index (κ2) is 6.35. The zero-order valence-electron chi connectivity index (χ0n) is 15.7. The van der Waals surface area contributed by atoms with Crippen LogP contribution in [0.15, 0.2) is 97.1 Å². The highest BCUT2D eigenvalue weighted by atomic mass is 16.5. The van der Waals surface area contributed by atoms with Gasteiger partial charge in [0, 0.05) is 21.9 Å². The molecule has 1 N–H and O–H groups in total. The summed E-state index contributed by atoms with van der Waals surface area (Å²) < 4.78 is 6.34. The highest BCUT2D eigenvalue weighted by molar-refractivity contribution is 5.97. The number of benzene rings is 4. The molecule has 3 heteroatoms. The third-order valence-electron chi connectivity index (χ3n) is 5.49. The number of nitrogens with one attached hydrogen (secondary N) is 1. The number of anilines is 1. The van der Waals surface area contributed by atoms with Gasteiger partial charge in [-0.15, -0.1) is 0 Å². The molecule has 6 rings (SSSR count). The number of pyridine rings is 1. The molecule has 1 atom stereocenters. The van der Waals surface area contributed by atoms with Crippen LogP contribution in [0, 0.1) is 0 Å². The van der Waals surface area contributed by atoms with E-state index in [0.717, 1.165) is 49.9 Å². The molecular weight excluding hydrogens is 356 g/mol. The van der Waals surface area contributed by atoms with Crippen LogP contribution in [0.2, 0.25) is 0 Å². The van der Waals surface area contributed by atoms with E-state index >= 15 is 0 Å². The molecule has 138 valence electrons. The van der Waals surface area contributed by atoms with Crippen molar-refractivity contribution in [2.45, 2.75) is 6.23 Å². The molecule has 5 aromatic rings. The maximum Gasteiger partial charge on any atom is 0.196 e. The summed E-state index contributed by atoms with van der Waals surface area (Å²) in [7, 11) is 0. The first-order valence-electron chi connectivity index (χ1n) is 9.76. The minimum Gasteiger partial charge on any atom is -0.464 e. The highest BCUT2D eigenvalue weighted by Crippen LogP contribution is 2.44. The Balaban J connectivity index is 1.45. The third-order valence-corrected chi connectivity index (χ3v) is 5.49. The van der Waals surface area contributed by atoms with Gasteiger partial charge in [-0.3, -0.25) is 0 Å².